The first-order valence-electron chi connectivity index (χ1n) is 13.0. The number of benzene rings is 1. The Kier molecular flexibility index (Phi) is 23.2. The number of rotatable bonds is 19. The minimum atomic E-state index is -0.706. The van der Waals surface area contributed by atoms with E-state index in [9.17, 15) is 4.79 Å². The van der Waals surface area contributed by atoms with Crippen molar-refractivity contribution in [2.45, 2.75) is 117 Å². The minimum absolute atomic E-state index is 0.0880. The molecule has 0 aliphatic rings. The van der Waals surface area contributed by atoms with E-state index in [1.165, 1.54) is 95.2 Å². The van der Waals surface area contributed by atoms with Crippen LogP contribution in [0.1, 0.15) is 117 Å². The third-order valence-electron chi connectivity index (χ3n) is 5.26. The lowest BCUT2D eigenvalue weighted by molar-refractivity contribution is -0.255. The van der Waals surface area contributed by atoms with Crippen LogP contribution in [0.4, 0.5) is 4.79 Å². The number of aromatic hydroxyl groups is 2. The van der Waals surface area contributed by atoms with Crippen LogP contribution in [-0.4, -0.2) is 29.6 Å². The maximum atomic E-state index is 11.3. The van der Waals surface area contributed by atoms with E-state index in [-0.39, 0.29) is 11.5 Å². The molecule has 0 aliphatic heterocycles. The highest BCUT2D eigenvalue weighted by atomic mass is 17.2. The lowest BCUT2D eigenvalue weighted by atomic mass is 10.1. The van der Waals surface area contributed by atoms with Gasteiger partial charge in [-0.1, -0.05) is 110 Å². The fourth-order valence-electron chi connectivity index (χ4n) is 3.29. The molecule has 33 heavy (non-hydrogen) atoms. The molecule has 1 aromatic rings. The van der Waals surface area contributed by atoms with Crippen LogP contribution < -0.4 is 0 Å². The Morgan fingerprint density at radius 1 is 0.667 bits per heavy atom. The average Bonchev–Trinajstić information content (AvgIpc) is 2.79. The van der Waals surface area contributed by atoms with Crippen LogP contribution in [0.3, 0.4) is 0 Å². The summed E-state index contributed by atoms with van der Waals surface area (Å²) in [6.07, 6.45) is 19.0. The summed E-state index contributed by atoms with van der Waals surface area (Å²) in [4.78, 5) is 20.8. The normalized spacial score (nSPS) is 10.4. The smallest absolute Gasteiger partial charge is 0.508 e. The van der Waals surface area contributed by atoms with Crippen LogP contribution >= 0.6 is 0 Å². The Labute approximate surface area is 201 Å². The fourth-order valence-corrected chi connectivity index (χ4v) is 3.29. The van der Waals surface area contributed by atoms with Gasteiger partial charge in [-0.2, -0.15) is 4.89 Å². The summed E-state index contributed by atoms with van der Waals surface area (Å²) in [5, 5.41) is 17.3. The topological polar surface area (TPSA) is 85.2 Å². The first-order chi connectivity index (χ1) is 16.1. The van der Waals surface area contributed by atoms with Gasteiger partial charge in [-0.25, -0.2) is 4.79 Å². The molecule has 192 valence electrons. The molecule has 6 nitrogen and oxygen atoms in total. The second-order valence-electron chi connectivity index (χ2n) is 8.47. The standard InChI is InChI=1S/C21H42O4.C6H6O2/c1-3-5-7-9-11-13-15-17-19-23-21(22)25-24-20-18-16-14-12-10-8-6-4-2;7-5-2-1-3-6(8)4-5/h3-20H2,1-2H3;1-4,7-8H. The monoisotopic (exact) mass is 468 g/mol. The second-order valence-corrected chi connectivity index (χ2v) is 8.47. The maximum absolute atomic E-state index is 11.3. The van der Waals surface area contributed by atoms with E-state index < -0.39 is 6.16 Å². The van der Waals surface area contributed by atoms with Crippen molar-refractivity contribution in [3.63, 3.8) is 0 Å². The number of phenolic OH excluding ortho intramolecular Hbond substituents is 2. The van der Waals surface area contributed by atoms with E-state index in [1.807, 2.05) is 0 Å². The number of unbranched alkanes of at least 4 members (excludes halogenated alkanes) is 14. The van der Waals surface area contributed by atoms with Gasteiger partial charge in [0.25, 0.3) is 0 Å². The van der Waals surface area contributed by atoms with Gasteiger partial charge in [0.1, 0.15) is 11.5 Å². The van der Waals surface area contributed by atoms with Gasteiger partial charge in [-0.05, 0) is 25.0 Å². The van der Waals surface area contributed by atoms with Crippen LogP contribution in [0.25, 0.3) is 0 Å². The Balaban J connectivity index is 0.00000106. The van der Waals surface area contributed by atoms with Crippen LogP contribution in [0, 0.1) is 0 Å². The molecule has 0 aromatic heterocycles. The van der Waals surface area contributed by atoms with Crippen LogP contribution in [0.2, 0.25) is 0 Å². The van der Waals surface area contributed by atoms with Crippen molar-refractivity contribution in [3.05, 3.63) is 24.3 Å². The van der Waals surface area contributed by atoms with E-state index in [0.29, 0.717) is 13.2 Å². The highest BCUT2D eigenvalue weighted by Gasteiger charge is 2.04. The Morgan fingerprint density at radius 2 is 1.09 bits per heavy atom. The Morgan fingerprint density at radius 3 is 1.52 bits per heavy atom. The number of phenols is 2. The first-order valence-corrected chi connectivity index (χ1v) is 13.0. The number of hydrogen-bond donors (Lipinski definition) is 2. The van der Waals surface area contributed by atoms with Gasteiger partial charge in [0.2, 0.25) is 0 Å². The maximum Gasteiger partial charge on any atom is 0.540 e. The van der Waals surface area contributed by atoms with Crippen molar-refractivity contribution in [1.82, 2.24) is 0 Å². The first kappa shape index (κ1) is 31.0. The number of carbonyl (C=O) groups excluding carboxylic acids is 1. The molecule has 0 heterocycles. The lowest BCUT2D eigenvalue weighted by Gasteiger charge is -2.05. The van der Waals surface area contributed by atoms with Crippen molar-refractivity contribution >= 4 is 6.16 Å². The molecular weight excluding hydrogens is 420 g/mol. The van der Waals surface area contributed by atoms with Crippen molar-refractivity contribution in [2.24, 2.45) is 0 Å². The van der Waals surface area contributed by atoms with E-state index in [0.717, 1.165) is 25.7 Å². The molecule has 1 aromatic carbocycles. The van der Waals surface area contributed by atoms with Gasteiger partial charge in [0.05, 0.1) is 13.2 Å². The van der Waals surface area contributed by atoms with Gasteiger partial charge in [-0.3, -0.25) is 4.89 Å². The molecule has 0 saturated heterocycles. The van der Waals surface area contributed by atoms with Crippen LogP contribution in [0.15, 0.2) is 24.3 Å². The van der Waals surface area contributed by atoms with Gasteiger partial charge < -0.3 is 14.9 Å². The summed E-state index contributed by atoms with van der Waals surface area (Å²) in [6.45, 7) is 5.35. The second kappa shape index (κ2) is 24.7. The molecular formula is C27H48O6. The summed E-state index contributed by atoms with van der Waals surface area (Å²) in [5.74, 6) is 0.176. The van der Waals surface area contributed by atoms with E-state index in [4.69, 9.17) is 19.8 Å². The zero-order valence-electron chi connectivity index (χ0n) is 21.1. The highest BCUT2D eigenvalue weighted by Crippen LogP contribution is 2.15. The van der Waals surface area contributed by atoms with Crippen molar-refractivity contribution in [3.8, 4) is 11.5 Å². The molecule has 0 aliphatic carbocycles. The predicted molar refractivity (Wildman–Crippen MR) is 133 cm³/mol. The Hall–Kier alpha value is -1.95. The number of carbonyl (C=O) groups is 1. The molecule has 0 saturated carbocycles. The van der Waals surface area contributed by atoms with E-state index >= 15 is 0 Å². The fraction of sp³-hybridized carbons (Fsp3) is 0.741. The SMILES string of the molecule is CCCCCCCCCCOOC(=O)OCCCCCCCCCC.Oc1cccc(O)c1. The molecule has 0 bridgehead atoms. The van der Waals surface area contributed by atoms with Gasteiger partial charge in [0.15, 0.2) is 0 Å². The Bertz CT molecular complexity index is 532. The molecule has 0 fully saturated rings. The molecule has 0 unspecified atom stereocenters. The zero-order valence-corrected chi connectivity index (χ0v) is 21.1. The van der Waals surface area contributed by atoms with Crippen LogP contribution in [-0.2, 0) is 14.5 Å². The summed E-state index contributed by atoms with van der Waals surface area (Å²) in [6, 6.07) is 5.85. The van der Waals surface area contributed by atoms with E-state index in [2.05, 4.69) is 18.7 Å². The van der Waals surface area contributed by atoms with Crippen molar-refractivity contribution in [2.75, 3.05) is 13.2 Å². The van der Waals surface area contributed by atoms with Crippen molar-refractivity contribution < 1.29 is 29.5 Å². The zero-order chi connectivity index (χ0) is 24.4. The summed E-state index contributed by atoms with van der Waals surface area (Å²) in [7, 11) is 0. The summed E-state index contributed by atoms with van der Waals surface area (Å²) in [5.41, 5.74) is 0. The minimum Gasteiger partial charge on any atom is -0.508 e. The van der Waals surface area contributed by atoms with Crippen LogP contribution in [0.5, 0.6) is 11.5 Å². The van der Waals surface area contributed by atoms with Gasteiger partial charge in [0, 0.05) is 6.07 Å². The number of ether oxygens (including phenoxy) is 1. The third-order valence-corrected chi connectivity index (χ3v) is 5.26. The highest BCUT2D eigenvalue weighted by molar-refractivity contribution is 5.58. The van der Waals surface area contributed by atoms with Crippen molar-refractivity contribution in [1.29, 1.82) is 0 Å². The summed E-state index contributed by atoms with van der Waals surface area (Å²) < 4.78 is 4.98. The number of hydrogen-bond acceptors (Lipinski definition) is 6. The third kappa shape index (κ3) is 24.5. The van der Waals surface area contributed by atoms with Gasteiger partial charge in [-0.15, -0.1) is 0 Å². The molecule has 2 N–H and O–H groups in total. The summed E-state index contributed by atoms with van der Waals surface area (Å²) >= 11 is 0. The molecule has 0 atom stereocenters. The average molecular weight is 469 g/mol. The molecule has 0 amide bonds. The van der Waals surface area contributed by atoms with E-state index in [1.54, 1.807) is 6.07 Å². The largest absolute Gasteiger partial charge is 0.540 e. The molecule has 6 heteroatoms. The quantitative estimate of drug-likeness (QED) is 0.0916. The molecule has 1 rings (SSSR count). The molecule has 0 spiro atoms. The predicted octanol–water partition coefficient (Wildman–Crippen LogP) is 8.45. The lowest BCUT2D eigenvalue weighted by Crippen LogP contribution is -2.09. The van der Waals surface area contributed by atoms with Gasteiger partial charge >= 0.3 is 6.16 Å². The molecule has 0 radical (unpaired) electrons.